The molecule has 3 aromatic rings. The van der Waals surface area contributed by atoms with Crippen LogP contribution in [0.2, 0.25) is 0 Å². The van der Waals surface area contributed by atoms with Gasteiger partial charge in [-0.1, -0.05) is 0 Å². The first kappa shape index (κ1) is 14.9. The van der Waals surface area contributed by atoms with Crippen LogP contribution in [0.1, 0.15) is 6.92 Å². The molecule has 3 rings (SSSR count). The van der Waals surface area contributed by atoms with Crippen molar-refractivity contribution in [3.63, 3.8) is 0 Å². The molecule has 0 radical (unpaired) electrons. The van der Waals surface area contributed by atoms with Gasteiger partial charge in [0.15, 0.2) is 5.65 Å². The molecule has 1 atom stereocenters. The predicted molar refractivity (Wildman–Crippen MR) is 83.8 cm³/mol. The van der Waals surface area contributed by atoms with Gasteiger partial charge < -0.3 is 4.74 Å². The summed E-state index contributed by atoms with van der Waals surface area (Å²) in [5.41, 5.74) is 1.46. The summed E-state index contributed by atoms with van der Waals surface area (Å²) in [5.74, 6) is 0.518. The Hall–Kier alpha value is -1.99. The van der Waals surface area contributed by atoms with Crippen LogP contribution in [0, 0.1) is 5.82 Å². The molecular weight excluding hydrogens is 303 g/mol. The molecule has 0 aliphatic heterocycles. The summed E-state index contributed by atoms with van der Waals surface area (Å²) in [6.07, 6.45) is 3.39. The second-order valence-electron chi connectivity index (χ2n) is 4.81. The van der Waals surface area contributed by atoms with Crippen LogP contribution in [-0.2, 0) is 4.74 Å². The fraction of sp³-hybridized carbons (Fsp3) is 0.267. The highest BCUT2D eigenvalue weighted by Gasteiger charge is 2.12. The molecule has 1 unspecified atom stereocenters. The Morgan fingerprint density at radius 1 is 1.27 bits per heavy atom. The van der Waals surface area contributed by atoms with Crippen molar-refractivity contribution in [1.82, 2.24) is 19.7 Å². The number of rotatable bonds is 5. The normalized spacial score (nSPS) is 12.7. The Labute approximate surface area is 131 Å². The zero-order valence-electron chi connectivity index (χ0n) is 12.2. The molecule has 2 aromatic heterocycles. The number of hydrogen-bond donors (Lipinski definition) is 0. The van der Waals surface area contributed by atoms with Crippen molar-refractivity contribution in [3.8, 4) is 5.69 Å². The minimum atomic E-state index is -0.278. The van der Waals surface area contributed by atoms with Crippen LogP contribution in [0.5, 0.6) is 0 Å². The van der Waals surface area contributed by atoms with Crippen LogP contribution >= 0.6 is 11.8 Å². The van der Waals surface area contributed by atoms with E-state index >= 15 is 0 Å². The Balaban J connectivity index is 1.96. The SMILES string of the molecule is COC(C)CSc1ncnc2c1cnn2-c1ccc(F)cc1. The molecule has 0 aliphatic rings. The highest BCUT2D eigenvalue weighted by atomic mass is 32.2. The third-order valence-corrected chi connectivity index (χ3v) is 4.49. The maximum absolute atomic E-state index is 13.0. The molecule has 22 heavy (non-hydrogen) atoms. The largest absolute Gasteiger partial charge is 0.381 e. The average Bonchev–Trinajstić information content (AvgIpc) is 2.98. The molecule has 5 nitrogen and oxygen atoms in total. The summed E-state index contributed by atoms with van der Waals surface area (Å²) >= 11 is 1.60. The summed E-state index contributed by atoms with van der Waals surface area (Å²) in [5, 5.41) is 6.09. The Bertz CT molecular complexity index is 775. The molecule has 0 spiro atoms. The van der Waals surface area contributed by atoms with Crippen LogP contribution in [0.15, 0.2) is 41.8 Å². The minimum Gasteiger partial charge on any atom is -0.381 e. The van der Waals surface area contributed by atoms with E-state index in [1.54, 1.807) is 41.9 Å². The zero-order chi connectivity index (χ0) is 15.5. The summed E-state index contributed by atoms with van der Waals surface area (Å²) < 4.78 is 20.0. The first-order valence-electron chi connectivity index (χ1n) is 6.79. The van der Waals surface area contributed by atoms with Gasteiger partial charge in [-0.25, -0.2) is 19.0 Å². The van der Waals surface area contributed by atoms with E-state index in [-0.39, 0.29) is 11.9 Å². The number of ether oxygens (including phenoxy) is 1. The fourth-order valence-corrected chi connectivity index (χ4v) is 2.92. The molecule has 0 saturated heterocycles. The lowest BCUT2D eigenvalue weighted by Crippen LogP contribution is -2.07. The standard InChI is InChI=1S/C15H15FN4OS/c1-10(21-2)8-22-15-13-7-19-20(14(13)17-9-18-15)12-5-3-11(16)4-6-12/h3-7,9-10H,8H2,1-2H3. The summed E-state index contributed by atoms with van der Waals surface area (Å²) in [7, 11) is 1.69. The van der Waals surface area contributed by atoms with Crippen molar-refractivity contribution >= 4 is 22.8 Å². The lowest BCUT2D eigenvalue weighted by Gasteiger charge is -2.08. The van der Waals surface area contributed by atoms with E-state index in [1.807, 2.05) is 6.92 Å². The van der Waals surface area contributed by atoms with Crippen molar-refractivity contribution < 1.29 is 9.13 Å². The van der Waals surface area contributed by atoms with E-state index in [0.717, 1.165) is 21.9 Å². The lowest BCUT2D eigenvalue weighted by atomic mass is 10.3. The molecule has 0 N–H and O–H groups in total. The maximum atomic E-state index is 13.0. The maximum Gasteiger partial charge on any atom is 0.167 e. The third kappa shape index (κ3) is 2.95. The minimum absolute atomic E-state index is 0.141. The number of halogens is 1. The van der Waals surface area contributed by atoms with Gasteiger partial charge in [-0.2, -0.15) is 5.10 Å². The molecular formula is C15H15FN4OS. The smallest absolute Gasteiger partial charge is 0.167 e. The predicted octanol–water partition coefficient (Wildman–Crippen LogP) is 3.08. The molecule has 2 heterocycles. The van der Waals surface area contributed by atoms with E-state index < -0.39 is 0 Å². The molecule has 7 heteroatoms. The van der Waals surface area contributed by atoms with Crippen molar-refractivity contribution in [2.24, 2.45) is 0 Å². The second-order valence-corrected chi connectivity index (χ2v) is 5.81. The summed E-state index contributed by atoms with van der Waals surface area (Å²) in [6, 6.07) is 6.15. The number of nitrogens with zero attached hydrogens (tertiary/aromatic N) is 4. The van der Waals surface area contributed by atoms with E-state index in [9.17, 15) is 4.39 Å². The van der Waals surface area contributed by atoms with Gasteiger partial charge in [0.2, 0.25) is 0 Å². The van der Waals surface area contributed by atoms with Gasteiger partial charge in [-0.15, -0.1) is 11.8 Å². The van der Waals surface area contributed by atoms with Gasteiger partial charge in [0.1, 0.15) is 17.2 Å². The van der Waals surface area contributed by atoms with E-state index in [4.69, 9.17) is 4.74 Å². The van der Waals surface area contributed by atoms with Gasteiger partial charge in [-0.3, -0.25) is 0 Å². The van der Waals surface area contributed by atoms with Gasteiger partial charge in [0, 0.05) is 12.9 Å². The number of aromatic nitrogens is 4. The van der Waals surface area contributed by atoms with Crippen LogP contribution < -0.4 is 0 Å². The van der Waals surface area contributed by atoms with Crippen molar-refractivity contribution in [2.75, 3.05) is 12.9 Å². The lowest BCUT2D eigenvalue weighted by molar-refractivity contribution is 0.138. The van der Waals surface area contributed by atoms with Crippen LogP contribution in [0.4, 0.5) is 4.39 Å². The van der Waals surface area contributed by atoms with Gasteiger partial charge in [-0.05, 0) is 31.2 Å². The molecule has 0 amide bonds. The highest BCUT2D eigenvalue weighted by Crippen LogP contribution is 2.26. The monoisotopic (exact) mass is 318 g/mol. The fourth-order valence-electron chi connectivity index (χ4n) is 1.97. The second kappa shape index (κ2) is 6.41. The molecule has 0 saturated carbocycles. The Morgan fingerprint density at radius 3 is 2.77 bits per heavy atom. The van der Waals surface area contributed by atoms with E-state index in [1.165, 1.54) is 18.5 Å². The molecule has 0 fully saturated rings. The van der Waals surface area contributed by atoms with Crippen molar-refractivity contribution in [1.29, 1.82) is 0 Å². The quantitative estimate of drug-likeness (QED) is 0.534. The summed E-state index contributed by atoms with van der Waals surface area (Å²) in [6.45, 7) is 2.01. The van der Waals surface area contributed by atoms with Gasteiger partial charge in [0.05, 0.1) is 23.4 Å². The number of hydrogen-bond acceptors (Lipinski definition) is 5. The van der Waals surface area contributed by atoms with Gasteiger partial charge >= 0.3 is 0 Å². The highest BCUT2D eigenvalue weighted by molar-refractivity contribution is 7.99. The zero-order valence-corrected chi connectivity index (χ0v) is 13.0. The van der Waals surface area contributed by atoms with E-state index in [2.05, 4.69) is 15.1 Å². The Kier molecular flexibility index (Phi) is 4.35. The number of thioether (sulfide) groups is 1. The first-order chi connectivity index (χ1) is 10.7. The number of fused-ring (bicyclic) bond motifs is 1. The molecule has 1 aromatic carbocycles. The Morgan fingerprint density at radius 2 is 2.05 bits per heavy atom. The van der Waals surface area contributed by atoms with E-state index in [0.29, 0.717) is 5.65 Å². The summed E-state index contributed by atoms with van der Waals surface area (Å²) in [4.78, 5) is 8.62. The van der Waals surface area contributed by atoms with Crippen LogP contribution in [-0.4, -0.2) is 38.7 Å². The van der Waals surface area contributed by atoms with Gasteiger partial charge in [0.25, 0.3) is 0 Å². The molecule has 0 bridgehead atoms. The average molecular weight is 318 g/mol. The number of benzene rings is 1. The van der Waals surface area contributed by atoms with Crippen LogP contribution in [0.25, 0.3) is 16.7 Å². The van der Waals surface area contributed by atoms with Crippen molar-refractivity contribution in [3.05, 3.63) is 42.6 Å². The van der Waals surface area contributed by atoms with Crippen LogP contribution in [0.3, 0.4) is 0 Å². The number of methoxy groups -OCH3 is 1. The topological polar surface area (TPSA) is 52.8 Å². The first-order valence-corrected chi connectivity index (χ1v) is 7.78. The molecule has 0 aliphatic carbocycles. The van der Waals surface area contributed by atoms with Crippen molar-refractivity contribution in [2.45, 2.75) is 18.1 Å². The molecule has 114 valence electrons. The third-order valence-electron chi connectivity index (χ3n) is 3.26.